The van der Waals surface area contributed by atoms with Gasteiger partial charge < -0.3 is 9.47 Å². The highest BCUT2D eigenvalue weighted by Crippen LogP contribution is 2.36. The number of benzene rings is 1. The van der Waals surface area contributed by atoms with Gasteiger partial charge in [-0.25, -0.2) is 0 Å². The Morgan fingerprint density at radius 2 is 1.85 bits per heavy atom. The van der Waals surface area contributed by atoms with Crippen LogP contribution in [0.5, 0.6) is 11.5 Å². The maximum Gasteiger partial charge on any atom is 0.210 e. The Balaban J connectivity index is 2.07. The van der Waals surface area contributed by atoms with E-state index in [2.05, 4.69) is 31.9 Å². The van der Waals surface area contributed by atoms with Crippen LogP contribution in [0.1, 0.15) is 14.5 Å². The van der Waals surface area contributed by atoms with E-state index in [9.17, 15) is 4.79 Å². The van der Waals surface area contributed by atoms with Gasteiger partial charge in [-0.1, -0.05) is 0 Å². The van der Waals surface area contributed by atoms with Crippen molar-refractivity contribution in [1.82, 2.24) is 0 Å². The monoisotopic (exact) mass is 418 g/mol. The molecule has 0 saturated heterocycles. The van der Waals surface area contributed by atoms with Crippen molar-refractivity contribution in [1.29, 1.82) is 0 Å². The zero-order valence-electron chi connectivity index (χ0n) is 10.9. The number of thiophene rings is 1. The van der Waals surface area contributed by atoms with E-state index in [-0.39, 0.29) is 12.4 Å². The summed E-state index contributed by atoms with van der Waals surface area (Å²) < 4.78 is 12.3. The van der Waals surface area contributed by atoms with E-state index in [1.807, 2.05) is 19.1 Å². The number of ketones is 1. The molecule has 0 unspecified atom stereocenters. The molecule has 1 heterocycles. The Bertz CT molecular complexity index is 637. The molecule has 0 fully saturated rings. The van der Waals surface area contributed by atoms with Crippen LogP contribution in [-0.4, -0.2) is 19.5 Å². The average molecular weight is 420 g/mol. The van der Waals surface area contributed by atoms with Crippen molar-refractivity contribution in [2.24, 2.45) is 0 Å². The van der Waals surface area contributed by atoms with Gasteiger partial charge in [0.25, 0.3) is 0 Å². The molecule has 1 aromatic heterocycles. The van der Waals surface area contributed by atoms with E-state index >= 15 is 0 Å². The second kappa shape index (κ2) is 6.74. The first kappa shape index (κ1) is 15.5. The molecule has 2 aromatic rings. The number of hydrogen-bond acceptors (Lipinski definition) is 4. The Kier molecular flexibility index (Phi) is 5.23. The third-order valence-corrected chi connectivity index (χ3v) is 4.86. The van der Waals surface area contributed by atoms with Crippen molar-refractivity contribution < 1.29 is 14.3 Å². The number of Topliss-reactive ketones (excluding diaryl/α,β-unsaturated/α-hetero) is 1. The van der Waals surface area contributed by atoms with Crippen molar-refractivity contribution in [2.75, 3.05) is 13.7 Å². The standard InChI is InChI=1S/C14H12Br2O3S/c1-8-3-4-14(20-8)11(17)7-19-13-6-9(15)12(18-2)5-10(13)16/h3-6H,7H2,1-2H3. The highest BCUT2D eigenvalue weighted by atomic mass is 79.9. The van der Waals surface area contributed by atoms with Crippen LogP contribution in [0.2, 0.25) is 0 Å². The summed E-state index contributed by atoms with van der Waals surface area (Å²) in [5, 5.41) is 0. The summed E-state index contributed by atoms with van der Waals surface area (Å²) in [6.45, 7) is 1.98. The van der Waals surface area contributed by atoms with Gasteiger partial charge in [-0.15, -0.1) is 11.3 Å². The summed E-state index contributed by atoms with van der Waals surface area (Å²) in [6.07, 6.45) is 0. The van der Waals surface area contributed by atoms with E-state index < -0.39 is 0 Å². The van der Waals surface area contributed by atoms with Gasteiger partial charge in [-0.05, 0) is 63.0 Å². The molecule has 0 atom stereocenters. The van der Waals surface area contributed by atoms with E-state index in [1.165, 1.54) is 11.3 Å². The van der Waals surface area contributed by atoms with Gasteiger partial charge in [0, 0.05) is 4.88 Å². The molecule has 0 bridgehead atoms. The quantitative estimate of drug-likeness (QED) is 0.649. The van der Waals surface area contributed by atoms with E-state index in [0.717, 1.165) is 13.8 Å². The number of aryl methyl sites for hydroxylation is 1. The fraction of sp³-hybridized carbons (Fsp3) is 0.214. The third kappa shape index (κ3) is 3.62. The van der Waals surface area contributed by atoms with E-state index in [1.54, 1.807) is 19.2 Å². The smallest absolute Gasteiger partial charge is 0.210 e. The molecule has 0 N–H and O–H groups in total. The normalized spacial score (nSPS) is 10.4. The van der Waals surface area contributed by atoms with Crippen LogP contribution in [0, 0.1) is 6.92 Å². The summed E-state index contributed by atoms with van der Waals surface area (Å²) in [5.74, 6) is 1.27. The Morgan fingerprint density at radius 1 is 1.20 bits per heavy atom. The predicted molar refractivity (Wildman–Crippen MR) is 87.3 cm³/mol. The van der Waals surface area contributed by atoms with Crippen molar-refractivity contribution >= 4 is 49.0 Å². The molecular formula is C14H12Br2O3S. The fourth-order valence-electron chi connectivity index (χ4n) is 1.58. The molecule has 3 nitrogen and oxygen atoms in total. The maximum atomic E-state index is 12.0. The molecule has 0 aliphatic rings. The third-order valence-electron chi connectivity index (χ3n) is 2.58. The first-order valence-corrected chi connectivity index (χ1v) is 8.17. The van der Waals surface area contributed by atoms with Gasteiger partial charge in [-0.2, -0.15) is 0 Å². The van der Waals surface area contributed by atoms with Gasteiger partial charge in [-0.3, -0.25) is 4.79 Å². The lowest BCUT2D eigenvalue weighted by molar-refractivity contribution is 0.0925. The van der Waals surface area contributed by atoms with Crippen molar-refractivity contribution in [3.63, 3.8) is 0 Å². The molecule has 2 rings (SSSR count). The van der Waals surface area contributed by atoms with Crippen molar-refractivity contribution in [2.45, 2.75) is 6.92 Å². The zero-order valence-corrected chi connectivity index (χ0v) is 14.9. The highest BCUT2D eigenvalue weighted by molar-refractivity contribution is 9.11. The number of carbonyl (C=O) groups is 1. The molecule has 6 heteroatoms. The lowest BCUT2D eigenvalue weighted by atomic mass is 10.3. The minimum Gasteiger partial charge on any atom is -0.496 e. The lowest BCUT2D eigenvalue weighted by Gasteiger charge is -2.10. The van der Waals surface area contributed by atoms with Crippen molar-refractivity contribution in [3.05, 3.63) is 43.0 Å². The minimum atomic E-state index is -0.0260. The summed E-state index contributed by atoms with van der Waals surface area (Å²) in [5.41, 5.74) is 0. The molecule has 20 heavy (non-hydrogen) atoms. The average Bonchev–Trinajstić information content (AvgIpc) is 2.85. The van der Waals surface area contributed by atoms with Gasteiger partial charge in [0.05, 0.1) is 20.9 Å². The molecule has 0 aliphatic carbocycles. The summed E-state index contributed by atoms with van der Waals surface area (Å²) in [4.78, 5) is 13.8. The highest BCUT2D eigenvalue weighted by Gasteiger charge is 2.12. The second-order valence-corrected chi connectivity index (χ2v) is 7.04. The number of methoxy groups -OCH3 is 1. The topological polar surface area (TPSA) is 35.5 Å². The van der Waals surface area contributed by atoms with E-state index in [0.29, 0.717) is 16.4 Å². The molecule has 1 aromatic carbocycles. The van der Waals surface area contributed by atoms with E-state index in [4.69, 9.17) is 9.47 Å². The Hall–Kier alpha value is -0.850. The number of rotatable bonds is 5. The molecule has 0 radical (unpaired) electrons. The molecule has 0 saturated carbocycles. The largest absolute Gasteiger partial charge is 0.496 e. The van der Waals surface area contributed by atoms with Gasteiger partial charge >= 0.3 is 0 Å². The first-order chi connectivity index (χ1) is 9.51. The van der Waals surface area contributed by atoms with Crippen LogP contribution in [0.3, 0.4) is 0 Å². The van der Waals surface area contributed by atoms with Crippen LogP contribution < -0.4 is 9.47 Å². The van der Waals surface area contributed by atoms with Gasteiger partial charge in [0.15, 0.2) is 6.61 Å². The summed E-state index contributed by atoms with van der Waals surface area (Å²) in [7, 11) is 1.59. The van der Waals surface area contributed by atoms with Crippen LogP contribution in [0.25, 0.3) is 0 Å². The number of carbonyl (C=O) groups excluding carboxylic acids is 1. The maximum absolute atomic E-state index is 12.0. The van der Waals surface area contributed by atoms with Crippen LogP contribution in [0.4, 0.5) is 0 Å². The zero-order chi connectivity index (χ0) is 14.7. The number of ether oxygens (including phenoxy) is 2. The van der Waals surface area contributed by atoms with Gasteiger partial charge in [0.1, 0.15) is 11.5 Å². The molecule has 0 amide bonds. The first-order valence-electron chi connectivity index (χ1n) is 5.76. The van der Waals surface area contributed by atoms with Crippen LogP contribution >= 0.6 is 43.2 Å². The molecule has 0 aliphatic heterocycles. The summed E-state index contributed by atoms with van der Waals surface area (Å²) >= 11 is 8.26. The second-order valence-electron chi connectivity index (χ2n) is 4.04. The minimum absolute atomic E-state index is 0.0112. The van der Waals surface area contributed by atoms with Crippen LogP contribution in [-0.2, 0) is 0 Å². The molecule has 0 spiro atoms. The van der Waals surface area contributed by atoms with Gasteiger partial charge in [0.2, 0.25) is 5.78 Å². The number of halogens is 2. The molecular weight excluding hydrogens is 408 g/mol. The molecule has 106 valence electrons. The number of hydrogen-bond donors (Lipinski definition) is 0. The van der Waals surface area contributed by atoms with Crippen molar-refractivity contribution in [3.8, 4) is 11.5 Å². The van der Waals surface area contributed by atoms with Crippen LogP contribution in [0.15, 0.2) is 33.2 Å². The lowest BCUT2D eigenvalue weighted by Crippen LogP contribution is -2.10. The Morgan fingerprint density at radius 3 is 2.45 bits per heavy atom. The fourth-order valence-corrected chi connectivity index (χ4v) is 3.29. The predicted octanol–water partition coefficient (Wildman–Crippen LogP) is 4.85. The Labute approximate surface area is 138 Å². The SMILES string of the molecule is COc1cc(Br)c(OCC(=O)c2ccc(C)s2)cc1Br. The summed E-state index contributed by atoms with van der Waals surface area (Å²) in [6, 6.07) is 7.32.